The fourth-order valence-corrected chi connectivity index (χ4v) is 0.340. The standard InChI is InChI=1S/C4H8ClNO2/c1-8-4(7)3(6)2-5/h3H,2,6H2,1H3/t3-/m1/s1. The Hall–Kier alpha value is -0.280. The molecule has 0 bridgehead atoms. The van der Waals surface area contributed by atoms with Crippen LogP contribution in [0.2, 0.25) is 0 Å². The van der Waals surface area contributed by atoms with E-state index in [0.717, 1.165) is 0 Å². The maximum absolute atomic E-state index is 10.3. The predicted octanol–water partition coefficient (Wildman–Crippen LogP) is -0.274. The number of alkyl halides is 1. The van der Waals surface area contributed by atoms with E-state index in [-0.39, 0.29) is 5.88 Å². The molecule has 0 aromatic heterocycles. The van der Waals surface area contributed by atoms with E-state index in [9.17, 15) is 4.79 Å². The highest BCUT2D eigenvalue weighted by molar-refractivity contribution is 6.19. The first-order valence-corrected chi connectivity index (χ1v) is 2.65. The quantitative estimate of drug-likeness (QED) is 0.421. The number of carbonyl (C=O) groups is 1. The summed E-state index contributed by atoms with van der Waals surface area (Å²) >= 11 is 5.20. The zero-order valence-corrected chi connectivity index (χ0v) is 5.31. The van der Waals surface area contributed by atoms with Crippen LogP contribution in [0.3, 0.4) is 0 Å². The molecule has 4 heteroatoms. The van der Waals surface area contributed by atoms with Gasteiger partial charge in [-0.15, -0.1) is 11.6 Å². The summed E-state index contributed by atoms with van der Waals surface area (Å²) in [6.45, 7) is 0. The van der Waals surface area contributed by atoms with Crippen molar-refractivity contribution in [2.75, 3.05) is 13.0 Å². The number of hydrogen-bond donors (Lipinski definition) is 1. The number of methoxy groups -OCH3 is 1. The van der Waals surface area contributed by atoms with Crippen LogP contribution in [-0.2, 0) is 9.53 Å². The molecule has 0 aliphatic rings. The van der Waals surface area contributed by atoms with Gasteiger partial charge in [0.25, 0.3) is 0 Å². The van der Waals surface area contributed by atoms with Crippen molar-refractivity contribution in [2.24, 2.45) is 5.73 Å². The average Bonchev–Trinajstić information content (AvgIpc) is 1.84. The molecule has 3 nitrogen and oxygen atoms in total. The third-order valence-corrected chi connectivity index (χ3v) is 1.00. The molecule has 0 aliphatic carbocycles. The van der Waals surface area contributed by atoms with Gasteiger partial charge in [0.05, 0.1) is 7.11 Å². The Morgan fingerprint density at radius 2 is 2.50 bits per heavy atom. The molecule has 0 spiro atoms. The van der Waals surface area contributed by atoms with Gasteiger partial charge in [-0.1, -0.05) is 0 Å². The summed E-state index contributed by atoms with van der Waals surface area (Å²) in [4.78, 5) is 10.3. The van der Waals surface area contributed by atoms with Gasteiger partial charge in [-0.25, -0.2) is 0 Å². The summed E-state index contributed by atoms with van der Waals surface area (Å²) in [5, 5.41) is 0. The van der Waals surface area contributed by atoms with Crippen molar-refractivity contribution in [3.63, 3.8) is 0 Å². The molecule has 8 heavy (non-hydrogen) atoms. The first-order chi connectivity index (χ1) is 3.72. The zero-order valence-electron chi connectivity index (χ0n) is 4.56. The highest BCUT2D eigenvalue weighted by Gasteiger charge is 2.10. The van der Waals surface area contributed by atoms with Gasteiger partial charge in [0.2, 0.25) is 0 Å². The van der Waals surface area contributed by atoms with Gasteiger partial charge in [-0.05, 0) is 0 Å². The highest BCUT2D eigenvalue weighted by atomic mass is 35.5. The smallest absolute Gasteiger partial charge is 0.323 e. The lowest BCUT2D eigenvalue weighted by atomic mass is 10.4. The van der Waals surface area contributed by atoms with Gasteiger partial charge in [0.1, 0.15) is 6.04 Å². The Bertz CT molecular complexity index is 86.1. The van der Waals surface area contributed by atoms with Crippen LogP contribution in [0.25, 0.3) is 0 Å². The Kier molecular flexibility index (Phi) is 3.56. The molecular formula is C4H8ClNO2. The summed E-state index contributed by atoms with van der Waals surface area (Å²) in [7, 11) is 1.27. The normalized spacial score (nSPS) is 12.9. The molecule has 0 saturated carbocycles. The van der Waals surface area contributed by atoms with E-state index in [2.05, 4.69) is 4.74 Å². The van der Waals surface area contributed by atoms with Crippen LogP contribution >= 0.6 is 11.6 Å². The van der Waals surface area contributed by atoms with Gasteiger partial charge in [0, 0.05) is 5.88 Å². The topological polar surface area (TPSA) is 52.3 Å². The largest absolute Gasteiger partial charge is 0.468 e. The van der Waals surface area contributed by atoms with Crippen molar-refractivity contribution < 1.29 is 9.53 Å². The Labute approximate surface area is 52.8 Å². The molecular weight excluding hydrogens is 130 g/mol. The van der Waals surface area contributed by atoms with Crippen LogP contribution < -0.4 is 5.73 Å². The van der Waals surface area contributed by atoms with Crippen LogP contribution in [0.15, 0.2) is 0 Å². The van der Waals surface area contributed by atoms with Gasteiger partial charge in [-0.3, -0.25) is 4.79 Å². The van der Waals surface area contributed by atoms with Gasteiger partial charge < -0.3 is 10.5 Å². The third kappa shape index (κ3) is 2.14. The molecule has 48 valence electrons. The van der Waals surface area contributed by atoms with Crippen LogP contribution in [0, 0.1) is 0 Å². The summed E-state index contributed by atoms with van der Waals surface area (Å²) in [5.74, 6) is -0.368. The third-order valence-electron chi connectivity index (χ3n) is 0.670. The minimum Gasteiger partial charge on any atom is -0.468 e. The first-order valence-electron chi connectivity index (χ1n) is 2.11. The van der Waals surface area contributed by atoms with Crippen LogP contribution in [0.1, 0.15) is 0 Å². The second-order valence-corrected chi connectivity index (χ2v) is 1.59. The lowest BCUT2D eigenvalue weighted by Crippen LogP contribution is -2.32. The zero-order chi connectivity index (χ0) is 6.57. The maximum Gasteiger partial charge on any atom is 0.323 e. The van der Waals surface area contributed by atoms with Crippen molar-refractivity contribution in [3.8, 4) is 0 Å². The van der Waals surface area contributed by atoms with E-state index in [4.69, 9.17) is 17.3 Å². The molecule has 0 aromatic rings. The molecule has 0 amide bonds. The first kappa shape index (κ1) is 7.72. The van der Waals surface area contributed by atoms with Crippen LogP contribution in [0.5, 0.6) is 0 Å². The molecule has 2 N–H and O–H groups in total. The molecule has 0 aliphatic heterocycles. The van der Waals surface area contributed by atoms with E-state index in [0.29, 0.717) is 0 Å². The average molecular weight is 138 g/mol. The Morgan fingerprint density at radius 3 is 2.62 bits per heavy atom. The number of rotatable bonds is 2. The minimum atomic E-state index is -0.679. The predicted molar refractivity (Wildman–Crippen MR) is 30.7 cm³/mol. The highest BCUT2D eigenvalue weighted by Crippen LogP contribution is 1.85. The number of ether oxygens (including phenoxy) is 1. The number of carbonyl (C=O) groups excluding carboxylic acids is 1. The van der Waals surface area contributed by atoms with Crippen molar-refractivity contribution >= 4 is 17.6 Å². The second kappa shape index (κ2) is 3.69. The maximum atomic E-state index is 10.3. The summed E-state index contributed by atoms with van der Waals surface area (Å²) in [6.07, 6.45) is 0. The summed E-state index contributed by atoms with van der Waals surface area (Å²) < 4.78 is 4.25. The van der Waals surface area contributed by atoms with E-state index in [1.54, 1.807) is 0 Å². The fraction of sp³-hybridized carbons (Fsp3) is 0.750. The van der Waals surface area contributed by atoms with E-state index in [1.807, 2.05) is 0 Å². The minimum absolute atomic E-state index is 0.104. The second-order valence-electron chi connectivity index (χ2n) is 1.28. The Balaban J connectivity index is 3.46. The molecule has 0 saturated heterocycles. The number of halogens is 1. The summed E-state index contributed by atoms with van der Waals surface area (Å²) in [6, 6.07) is -0.679. The van der Waals surface area contributed by atoms with Crippen molar-refractivity contribution in [1.82, 2.24) is 0 Å². The van der Waals surface area contributed by atoms with Crippen LogP contribution in [0.4, 0.5) is 0 Å². The lowest BCUT2D eigenvalue weighted by molar-refractivity contribution is -0.141. The molecule has 1 atom stereocenters. The molecule has 0 radical (unpaired) electrons. The molecule has 0 fully saturated rings. The van der Waals surface area contributed by atoms with Gasteiger partial charge in [0.15, 0.2) is 0 Å². The molecule has 0 aromatic carbocycles. The van der Waals surface area contributed by atoms with Crippen molar-refractivity contribution in [3.05, 3.63) is 0 Å². The number of hydrogen-bond acceptors (Lipinski definition) is 3. The van der Waals surface area contributed by atoms with E-state index < -0.39 is 12.0 Å². The monoisotopic (exact) mass is 137 g/mol. The van der Waals surface area contributed by atoms with Gasteiger partial charge >= 0.3 is 5.97 Å². The number of esters is 1. The van der Waals surface area contributed by atoms with E-state index in [1.165, 1.54) is 7.11 Å². The fourth-order valence-electron chi connectivity index (χ4n) is 0.214. The molecule has 0 rings (SSSR count). The van der Waals surface area contributed by atoms with Gasteiger partial charge in [-0.2, -0.15) is 0 Å². The SMILES string of the molecule is COC(=O)[C@H](N)CCl. The van der Waals surface area contributed by atoms with Crippen LogP contribution in [-0.4, -0.2) is 25.0 Å². The Morgan fingerprint density at radius 1 is 2.00 bits per heavy atom. The lowest BCUT2D eigenvalue weighted by Gasteiger charge is -2.01. The van der Waals surface area contributed by atoms with Crippen molar-refractivity contribution in [2.45, 2.75) is 6.04 Å². The van der Waals surface area contributed by atoms with E-state index >= 15 is 0 Å². The number of nitrogens with two attached hydrogens (primary N) is 1. The molecule has 0 heterocycles. The van der Waals surface area contributed by atoms with Crippen molar-refractivity contribution in [1.29, 1.82) is 0 Å². The summed E-state index contributed by atoms with van der Waals surface area (Å²) in [5.41, 5.74) is 5.12. The molecule has 0 unspecified atom stereocenters.